The van der Waals surface area contributed by atoms with Gasteiger partial charge in [-0.15, -0.1) is 0 Å². The number of halogens is 4. The highest BCUT2D eigenvalue weighted by atomic mass is 32.2. The van der Waals surface area contributed by atoms with Crippen molar-refractivity contribution in [2.24, 2.45) is 5.41 Å². The molecule has 1 aromatic carbocycles. The van der Waals surface area contributed by atoms with Crippen LogP contribution in [-0.4, -0.2) is 68.9 Å². The molecule has 1 fully saturated rings. The Hall–Kier alpha value is -4.04. The lowest BCUT2D eigenvalue weighted by molar-refractivity contribution is -0.138. The van der Waals surface area contributed by atoms with Crippen LogP contribution in [0.15, 0.2) is 77.2 Å². The molecule has 2 aromatic heterocycles. The fourth-order valence-corrected chi connectivity index (χ4v) is 7.49. The van der Waals surface area contributed by atoms with Crippen molar-refractivity contribution in [1.82, 2.24) is 28.8 Å². The van der Waals surface area contributed by atoms with Gasteiger partial charge in [0.05, 0.1) is 34.8 Å². The average molecular weight is 603 g/mol. The molecule has 14 heteroatoms. The van der Waals surface area contributed by atoms with Crippen LogP contribution in [-0.2, 0) is 27.8 Å². The number of benzene rings is 1. The van der Waals surface area contributed by atoms with Gasteiger partial charge < -0.3 is 4.90 Å². The molecule has 1 saturated heterocycles. The Bertz CT molecular complexity index is 1750. The minimum absolute atomic E-state index is 0.00345. The van der Waals surface area contributed by atoms with Crippen LogP contribution in [0.2, 0.25) is 0 Å². The van der Waals surface area contributed by atoms with E-state index in [0.717, 1.165) is 18.4 Å². The minimum Gasteiger partial charge on any atom is -0.314 e. The largest absolute Gasteiger partial charge is 0.416 e. The SMILES string of the molecule is CCn1nccc1S(=O)(=O)N1CCC2=Cc3c(cnn3-c3ccc(F)cc3)C[C@]2(C(=O)N2C=CC(C(F)(F)F)=CC2)C1. The van der Waals surface area contributed by atoms with Crippen LogP contribution in [0.3, 0.4) is 0 Å². The quantitative estimate of drug-likeness (QED) is 0.411. The van der Waals surface area contributed by atoms with Crippen LogP contribution in [0.4, 0.5) is 17.6 Å². The molecule has 0 bridgehead atoms. The van der Waals surface area contributed by atoms with Gasteiger partial charge in [-0.2, -0.15) is 27.7 Å². The summed E-state index contributed by atoms with van der Waals surface area (Å²) >= 11 is 0. The zero-order chi connectivity index (χ0) is 29.9. The van der Waals surface area contributed by atoms with Crippen molar-refractivity contribution in [1.29, 1.82) is 0 Å². The summed E-state index contributed by atoms with van der Waals surface area (Å²) in [6.07, 6.45) is 3.40. The number of hydrogen-bond acceptors (Lipinski definition) is 5. The molecule has 42 heavy (non-hydrogen) atoms. The van der Waals surface area contributed by atoms with Gasteiger partial charge >= 0.3 is 6.18 Å². The van der Waals surface area contributed by atoms with Gasteiger partial charge in [-0.3, -0.25) is 9.48 Å². The molecule has 220 valence electrons. The maximum Gasteiger partial charge on any atom is 0.416 e. The van der Waals surface area contributed by atoms with E-state index in [1.165, 1.54) is 38.3 Å². The second kappa shape index (κ2) is 10.1. The number of alkyl halides is 3. The highest BCUT2D eigenvalue weighted by molar-refractivity contribution is 7.89. The topological polar surface area (TPSA) is 93.3 Å². The highest BCUT2D eigenvalue weighted by Crippen LogP contribution is 2.47. The number of allylic oxidation sites excluding steroid dienone is 2. The van der Waals surface area contributed by atoms with Crippen LogP contribution in [0.1, 0.15) is 24.6 Å². The molecule has 1 amide bonds. The Balaban J connectivity index is 1.41. The Morgan fingerprint density at radius 2 is 1.88 bits per heavy atom. The summed E-state index contributed by atoms with van der Waals surface area (Å²) in [6.45, 7) is 1.66. The summed E-state index contributed by atoms with van der Waals surface area (Å²) in [5.74, 6) is -0.912. The second-order valence-electron chi connectivity index (χ2n) is 10.4. The zero-order valence-electron chi connectivity index (χ0n) is 22.4. The van der Waals surface area contributed by atoms with E-state index in [1.54, 1.807) is 36.0 Å². The van der Waals surface area contributed by atoms with Crippen molar-refractivity contribution in [2.75, 3.05) is 19.6 Å². The lowest BCUT2D eigenvalue weighted by Crippen LogP contribution is -2.56. The molecule has 6 rings (SSSR count). The van der Waals surface area contributed by atoms with Crippen molar-refractivity contribution in [2.45, 2.75) is 37.5 Å². The molecule has 4 heterocycles. The summed E-state index contributed by atoms with van der Waals surface area (Å²) in [4.78, 5) is 15.5. The van der Waals surface area contributed by atoms with Crippen molar-refractivity contribution in [3.63, 3.8) is 0 Å². The average Bonchev–Trinajstić information content (AvgIpc) is 3.62. The fourth-order valence-electron chi connectivity index (χ4n) is 5.83. The first-order valence-corrected chi connectivity index (χ1v) is 14.7. The van der Waals surface area contributed by atoms with Gasteiger partial charge in [0.25, 0.3) is 10.0 Å². The Morgan fingerprint density at radius 3 is 2.55 bits per heavy atom. The van der Waals surface area contributed by atoms with E-state index in [9.17, 15) is 30.8 Å². The van der Waals surface area contributed by atoms with E-state index in [4.69, 9.17) is 0 Å². The number of amides is 1. The number of sulfonamides is 1. The van der Waals surface area contributed by atoms with Gasteiger partial charge in [-0.05, 0) is 73.4 Å². The van der Waals surface area contributed by atoms with Gasteiger partial charge in [0.2, 0.25) is 5.91 Å². The molecule has 0 N–H and O–H groups in total. The summed E-state index contributed by atoms with van der Waals surface area (Å²) in [6, 6.07) is 7.17. The Kier molecular flexibility index (Phi) is 6.72. The standard InChI is InChI=1S/C28H26F4N6O3S/c1-2-37-25(7-11-33-37)42(40,41)36-14-10-21-15-24-19(17-34-38(24)23-5-3-22(29)4-6-23)16-27(21,18-36)26(39)35-12-8-20(9-13-35)28(30,31)32/h3-9,11-12,15,17H,2,10,13-14,16,18H2,1H3/t27-/m0/s1. The number of carbonyl (C=O) groups is 1. The van der Waals surface area contributed by atoms with E-state index in [2.05, 4.69) is 10.2 Å². The molecule has 2 aliphatic heterocycles. The predicted octanol–water partition coefficient (Wildman–Crippen LogP) is 4.09. The third-order valence-corrected chi connectivity index (χ3v) is 9.84. The Morgan fingerprint density at radius 1 is 1.12 bits per heavy atom. The zero-order valence-corrected chi connectivity index (χ0v) is 23.2. The van der Waals surface area contributed by atoms with Crippen LogP contribution in [0.25, 0.3) is 11.8 Å². The van der Waals surface area contributed by atoms with Crippen LogP contribution >= 0.6 is 0 Å². The number of carbonyl (C=O) groups excluding carboxylic acids is 1. The first-order valence-electron chi connectivity index (χ1n) is 13.3. The van der Waals surface area contributed by atoms with Gasteiger partial charge in [0.1, 0.15) is 5.82 Å². The fraction of sp³-hybridized carbons (Fsp3) is 0.321. The normalized spacial score (nSPS) is 21.0. The predicted molar refractivity (Wildman–Crippen MR) is 144 cm³/mol. The highest BCUT2D eigenvalue weighted by Gasteiger charge is 2.52. The number of fused-ring (bicyclic) bond motifs is 2. The van der Waals surface area contributed by atoms with Crippen LogP contribution in [0.5, 0.6) is 0 Å². The van der Waals surface area contributed by atoms with Crippen LogP contribution in [0, 0.1) is 11.2 Å². The lowest BCUT2D eigenvalue weighted by atomic mass is 9.67. The maximum atomic E-state index is 14.3. The molecule has 0 radical (unpaired) electrons. The van der Waals surface area contributed by atoms with Gasteiger partial charge in [0, 0.05) is 32.4 Å². The Labute approximate surface area is 239 Å². The third-order valence-electron chi connectivity index (χ3n) is 7.97. The number of hydrogen-bond donors (Lipinski definition) is 0. The number of aromatic nitrogens is 4. The molecule has 9 nitrogen and oxygen atoms in total. The third kappa shape index (κ3) is 4.58. The number of aryl methyl sites for hydroxylation is 1. The number of nitrogens with zero attached hydrogens (tertiary/aromatic N) is 6. The molecular formula is C28H26F4N6O3S. The molecule has 3 aliphatic rings. The van der Waals surface area contributed by atoms with Crippen molar-refractivity contribution >= 4 is 22.0 Å². The van der Waals surface area contributed by atoms with Gasteiger partial charge in [-0.1, -0.05) is 6.08 Å². The van der Waals surface area contributed by atoms with E-state index in [1.807, 2.05) is 0 Å². The first-order chi connectivity index (χ1) is 19.9. The smallest absolute Gasteiger partial charge is 0.314 e. The summed E-state index contributed by atoms with van der Waals surface area (Å²) < 4.78 is 85.1. The lowest BCUT2D eigenvalue weighted by Gasteiger charge is -2.46. The molecule has 1 aliphatic carbocycles. The molecular weight excluding hydrogens is 576 g/mol. The second-order valence-corrected chi connectivity index (χ2v) is 12.3. The van der Waals surface area contributed by atoms with E-state index in [-0.39, 0.29) is 37.5 Å². The maximum absolute atomic E-state index is 14.3. The first kappa shape index (κ1) is 28.1. The van der Waals surface area contributed by atoms with Crippen molar-refractivity contribution < 1.29 is 30.8 Å². The van der Waals surface area contributed by atoms with Crippen molar-refractivity contribution in [3.8, 4) is 5.69 Å². The number of piperidine rings is 1. The van der Waals surface area contributed by atoms with Crippen molar-refractivity contribution in [3.05, 3.63) is 89.3 Å². The monoisotopic (exact) mass is 602 g/mol. The van der Waals surface area contributed by atoms with Gasteiger partial charge in [0.15, 0.2) is 5.03 Å². The molecule has 0 spiro atoms. The van der Waals surface area contributed by atoms with Gasteiger partial charge in [-0.25, -0.2) is 17.5 Å². The summed E-state index contributed by atoms with van der Waals surface area (Å²) in [5.41, 5.74) is 0.339. The van der Waals surface area contributed by atoms with E-state index in [0.29, 0.717) is 29.1 Å². The summed E-state index contributed by atoms with van der Waals surface area (Å²) in [5, 5.41) is 8.54. The molecule has 0 unspecified atom stereocenters. The van der Waals surface area contributed by atoms with Crippen LogP contribution < -0.4 is 0 Å². The van der Waals surface area contributed by atoms with E-state index < -0.39 is 38.9 Å². The summed E-state index contributed by atoms with van der Waals surface area (Å²) in [7, 11) is -4.06. The molecule has 3 aromatic rings. The molecule has 1 atom stereocenters. The molecule has 0 saturated carbocycles. The number of rotatable bonds is 5. The van der Waals surface area contributed by atoms with E-state index >= 15 is 0 Å². The minimum atomic E-state index is -4.55.